The van der Waals surface area contributed by atoms with E-state index in [1.807, 2.05) is 19.2 Å². The molecule has 0 unspecified atom stereocenters. The lowest BCUT2D eigenvalue weighted by atomic mass is 10.1. The normalized spacial score (nSPS) is 10.8. The van der Waals surface area contributed by atoms with Crippen molar-refractivity contribution in [3.05, 3.63) is 54.1 Å². The first-order chi connectivity index (χ1) is 14.6. The summed E-state index contributed by atoms with van der Waals surface area (Å²) >= 11 is 0. The molecule has 0 atom stereocenters. The Balaban J connectivity index is 0.00000480. The van der Waals surface area contributed by atoms with E-state index in [9.17, 15) is 0 Å². The predicted octanol–water partition coefficient (Wildman–Crippen LogP) is 4.29. The molecule has 0 aliphatic heterocycles. The van der Waals surface area contributed by atoms with E-state index in [2.05, 4.69) is 70.6 Å². The summed E-state index contributed by atoms with van der Waals surface area (Å²) in [6, 6.07) is 16.6. The molecule has 0 bridgehead atoms. The number of hydrogen-bond acceptors (Lipinski definition) is 4. The summed E-state index contributed by atoms with van der Waals surface area (Å²) in [6.45, 7) is 2.82. The van der Waals surface area contributed by atoms with E-state index < -0.39 is 0 Å². The number of benzene rings is 2. The molecule has 0 fully saturated rings. The Morgan fingerprint density at radius 1 is 0.935 bits per heavy atom. The molecule has 2 aromatic carbocycles. The third-order valence-corrected chi connectivity index (χ3v) is 5.16. The van der Waals surface area contributed by atoms with Gasteiger partial charge < -0.3 is 24.6 Å². The van der Waals surface area contributed by atoms with Crippen molar-refractivity contribution in [3.8, 4) is 11.5 Å². The summed E-state index contributed by atoms with van der Waals surface area (Å²) in [7, 11) is 9.36. The van der Waals surface area contributed by atoms with E-state index in [1.54, 1.807) is 14.2 Å². The molecule has 0 amide bonds. The Morgan fingerprint density at radius 2 is 1.65 bits per heavy atom. The summed E-state index contributed by atoms with van der Waals surface area (Å²) in [5.74, 6) is 2.44. The highest BCUT2D eigenvalue weighted by Gasteiger charge is 2.08. The van der Waals surface area contributed by atoms with Crippen molar-refractivity contribution in [1.82, 2.24) is 10.2 Å². The fourth-order valence-corrected chi connectivity index (χ4v) is 3.31. The van der Waals surface area contributed by atoms with Gasteiger partial charge in [0.1, 0.15) is 0 Å². The Morgan fingerprint density at radius 3 is 2.29 bits per heavy atom. The van der Waals surface area contributed by atoms with Crippen LogP contribution in [0.15, 0.2) is 53.5 Å². The fourth-order valence-electron chi connectivity index (χ4n) is 3.31. The molecule has 0 heterocycles. The third kappa shape index (κ3) is 8.85. The molecule has 0 saturated heterocycles. The van der Waals surface area contributed by atoms with Crippen LogP contribution in [0.3, 0.4) is 0 Å². The molecule has 7 heteroatoms. The number of guanidine groups is 1. The molecule has 0 radical (unpaired) electrons. The van der Waals surface area contributed by atoms with Crippen LogP contribution in [0, 0.1) is 0 Å². The van der Waals surface area contributed by atoms with Crippen molar-refractivity contribution >= 4 is 35.6 Å². The second-order valence-corrected chi connectivity index (χ2v) is 7.30. The minimum Gasteiger partial charge on any atom is -0.493 e. The van der Waals surface area contributed by atoms with Gasteiger partial charge in [0, 0.05) is 46.5 Å². The SMILES string of the molecule is CN=C(NCCCCN(C)c1ccccc1)N(C)CCc1ccc(OC)c(OC)c1.I. The monoisotopic (exact) mass is 540 g/mol. The molecule has 0 saturated carbocycles. The molecule has 0 aromatic heterocycles. The molecule has 6 nitrogen and oxygen atoms in total. The first-order valence-electron chi connectivity index (χ1n) is 10.5. The maximum absolute atomic E-state index is 5.40. The zero-order valence-corrected chi connectivity index (χ0v) is 21.8. The van der Waals surface area contributed by atoms with Crippen LogP contribution in [0.2, 0.25) is 0 Å². The summed E-state index contributed by atoms with van der Waals surface area (Å²) < 4.78 is 10.7. The summed E-state index contributed by atoms with van der Waals surface area (Å²) in [6.07, 6.45) is 3.13. The molecule has 31 heavy (non-hydrogen) atoms. The maximum Gasteiger partial charge on any atom is 0.193 e. The first kappa shape index (κ1) is 26.9. The molecule has 2 aromatic rings. The highest BCUT2D eigenvalue weighted by atomic mass is 127. The lowest BCUT2D eigenvalue weighted by Gasteiger charge is -2.23. The van der Waals surface area contributed by atoms with E-state index >= 15 is 0 Å². The van der Waals surface area contributed by atoms with Crippen LogP contribution < -0.4 is 19.7 Å². The predicted molar refractivity (Wildman–Crippen MR) is 142 cm³/mol. The molecule has 0 aliphatic carbocycles. The van der Waals surface area contributed by atoms with E-state index in [1.165, 1.54) is 11.3 Å². The minimum atomic E-state index is 0. The van der Waals surface area contributed by atoms with E-state index in [-0.39, 0.29) is 24.0 Å². The Bertz CT molecular complexity index is 786. The highest BCUT2D eigenvalue weighted by Crippen LogP contribution is 2.27. The lowest BCUT2D eigenvalue weighted by Crippen LogP contribution is -2.40. The van der Waals surface area contributed by atoms with E-state index in [0.29, 0.717) is 0 Å². The van der Waals surface area contributed by atoms with Crippen LogP contribution in [-0.4, -0.2) is 65.9 Å². The molecular formula is C24H37IN4O2. The number of methoxy groups -OCH3 is 2. The van der Waals surface area contributed by atoms with Crippen molar-refractivity contribution < 1.29 is 9.47 Å². The van der Waals surface area contributed by atoms with Gasteiger partial charge in [0.2, 0.25) is 0 Å². The van der Waals surface area contributed by atoms with Gasteiger partial charge >= 0.3 is 0 Å². The zero-order chi connectivity index (χ0) is 21.8. The molecule has 1 N–H and O–H groups in total. The van der Waals surface area contributed by atoms with Gasteiger partial charge in [0.05, 0.1) is 14.2 Å². The molecular weight excluding hydrogens is 503 g/mol. The third-order valence-electron chi connectivity index (χ3n) is 5.16. The number of aliphatic imine (C=N–C) groups is 1. The van der Waals surface area contributed by atoms with Crippen molar-refractivity contribution in [2.75, 3.05) is 59.9 Å². The van der Waals surface area contributed by atoms with Gasteiger partial charge in [0.25, 0.3) is 0 Å². The van der Waals surface area contributed by atoms with E-state index in [0.717, 1.165) is 56.4 Å². The number of ether oxygens (including phenoxy) is 2. The topological polar surface area (TPSA) is 49.3 Å². The van der Waals surface area contributed by atoms with Gasteiger partial charge in [0.15, 0.2) is 17.5 Å². The highest BCUT2D eigenvalue weighted by molar-refractivity contribution is 14.0. The summed E-state index contributed by atoms with van der Waals surface area (Å²) in [5.41, 5.74) is 2.47. The van der Waals surface area contributed by atoms with Gasteiger partial charge in [-0.05, 0) is 49.1 Å². The van der Waals surface area contributed by atoms with Gasteiger partial charge in [-0.2, -0.15) is 0 Å². The number of hydrogen-bond donors (Lipinski definition) is 1. The number of halogens is 1. The summed E-state index contributed by atoms with van der Waals surface area (Å²) in [4.78, 5) is 8.87. The number of anilines is 1. The number of para-hydroxylation sites is 1. The zero-order valence-electron chi connectivity index (χ0n) is 19.4. The first-order valence-corrected chi connectivity index (χ1v) is 10.5. The van der Waals surface area contributed by atoms with Crippen LogP contribution in [0.25, 0.3) is 0 Å². The number of unbranched alkanes of at least 4 members (excludes halogenated alkanes) is 1. The maximum atomic E-state index is 5.40. The average Bonchev–Trinajstić information content (AvgIpc) is 2.79. The molecule has 2 rings (SSSR count). The average molecular weight is 540 g/mol. The summed E-state index contributed by atoms with van der Waals surface area (Å²) in [5, 5.41) is 3.47. The van der Waals surface area contributed by atoms with Crippen molar-refractivity contribution in [1.29, 1.82) is 0 Å². The Kier molecular flexibility index (Phi) is 12.8. The Labute approximate surface area is 204 Å². The van der Waals surface area contributed by atoms with Crippen molar-refractivity contribution in [3.63, 3.8) is 0 Å². The van der Waals surface area contributed by atoms with Gasteiger partial charge in [-0.3, -0.25) is 4.99 Å². The van der Waals surface area contributed by atoms with Crippen LogP contribution >= 0.6 is 24.0 Å². The second-order valence-electron chi connectivity index (χ2n) is 7.30. The largest absolute Gasteiger partial charge is 0.493 e. The standard InChI is InChI=1S/C24H36N4O2.HI/c1-25-24(26-16-9-10-17-27(2)21-11-7-6-8-12-21)28(3)18-15-20-13-14-22(29-4)23(19-20)30-5;/h6-8,11-14,19H,9-10,15-18H2,1-5H3,(H,25,26);1H. The number of rotatable bonds is 11. The molecule has 0 aliphatic rings. The van der Waals surface area contributed by atoms with Gasteiger partial charge in [-0.1, -0.05) is 24.3 Å². The molecule has 0 spiro atoms. The van der Waals surface area contributed by atoms with Crippen molar-refractivity contribution in [2.24, 2.45) is 4.99 Å². The number of likely N-dealkylation sites (N-methyl/N-ethyl adjacent to an activating group) is 1. The van der Waals surface area contributed by atoms with Crippen LogP contribution in [0.5, 0.6) is 11.5 Å². The fraction of sp³-hybridized carbons (Fsp3) is 0.458. The van der Waals surface area contributed by atoms with Crippen molar-refractivity contribution in [2.45, 2.75) is 19.3 Å². The number of nitrogens with one attached hydrogen (secondary N) is 1. The second kappa shape index (κ2) is 14.8. The quantitative estimate of drug-likeness (QED) is 0.200. The van der Waals surface area contributed by atoms with Gasteiger partial charge in [-0.25, -0.2) is 0 Å². The van der Waals surface area contributed by atoms with Crippen LogP contribution in [0.1, 0.15) is 18.4 Å². The number of nitrogens with zero attached hydrogens (tertiary/aromatic N) is 3. The lowest BCUT2D eigenvalue weighted by molar-refractivity contribution is 0.354. The van der Waals surface area contributed by atoms with Crippen LogP contribution in [-0.2, 0) is 6.42 Å². The van der Waals surface area contributed by atoms with Gasteiger partial charge in [-0.15, -0.1) is 24.0 Å². The minimum absolute atomic E-state index is 0. The Hall–Kier alpha value is -2.16. The van der Waals surface area contributed by atoms with Crippen LogP contribution in [0.4, 0.5) is 5.69 Å². The smallest absolute Gasteiger partial charge is 0.193 e. The molecule has 172 valence electrons. The van der Waals surface area contributed by atoms with E-state index in [4.69, 9.17) is 9.47 Å².